The zero-order valence-electron chi connectivity index (χ0n) is 9.98. The number of nitrogens with one attached hydrogen (secondary N) is 1. The summed E-state index contributed by atoms with van der Waals surface area (Å²) in [5.41, 5.74) is 1.24. The standard InChI is InChI=1S/C12H12FN3OS/c1-7(2)9-6-18-12(15-9)16-11(17)8-3-4-10(13)14-5-8/h3-7H,1-2H3,(H,15,16,17). The number of hydrogen-bond donors (Lipinski definition) is 1. The molecular weight excluding hydrogens is 253 g/mol. The molecule has 2 aromatic heterocycles. The van der Waals surface area contributed by atoms with Crippen LogP contribution in [0, 0.1) is 5.95 Å². The summed E-state index contributed by atoms with van der Waals surface area (Å²) in [6, 6.07) is 2.53. The number of hydrogen-bond acceptors (Lipinski definition) is 4. The van der Waals surface area contributed by atoms with Gasteiger partial charge in [-0.3, -0.25) is 10.1 Å². The number of aromatic nitrogens is 2. The predicted octanol–water partition coefficient (Wildman–Crippen LogP) is 3.05. The smallest absolute Gasteiger partial charge is 0.259 e. The van der Waals surface area contributed by atoms with Crippen LogP contribution in [0.5, 0.6) is 0 Å². The first-order valence-electron chi connectivity index (χ1n) is 5.44. The van der Waals surface area contributed by atoms with Gasteiger partial charge < -0.3 is 0 Å². The van der Waals surface area contributed by atoms with Gasteiger partial charge in [0.1, 0.15) is 0 Å². The van der Waals surface area contributed by atoms with Crippen LogP contribution >= 0.6 is 11.3 Å². The van der Waals surface area contributed by atoms with Crippen molar-refractivity contribution in [3.63, 3.8) is 0 Å². The maximum absolute atomic E-state index is 12.6. The normalized spacial score (nSPS) is 10.7. The van der Waals surface area contributed by atoms with Gasteiger partial charge in [0.15, 0.2) is 5.13 Å². The van der Waals surface area contributed by atoms with Gasteiger partial charge in [-0.25, -0.2) is 9.97 Å². The highest BCUT2D eigenvalue weighted by atomic mass is 32.1. The van der Waals surface area contributed by atoms with E-state index in [-0.39, 0.29) is 5.91 Å². The van der Waals surface area contributed by atoms with E-state index in [0.717, 1.165) is 11.8 Å². The van der Waals surface area contributed by atoms with Crippen molar-refractivity contribution >= 4 is 22.4 Å². The monoisotopic (exact) mass is 265 g/mol. The zero-order valence-corrected chi connectivity index (χ0v) is 10.8. The molecule has 0 bridgehead atoms. The topological polar surface area (TPSA) is 54.9 Å². The van der Waals surface area contributed by atoms with Gasteiger partial charge in [0.2, 0.25) is 5.95 Å². The molecule has 0 spiro atoms. The Kier molecular flexibility index (Phi) is 3.66. The van der Waals surface area contributed by atoms with E-state index in [9.17, 15) is 9.18 Å². The van der Waals surface area contributed by atoms with E-state index in [1.165, 1.54) is 23.6 Å². The number of carbonyl (C=O) groups is 1. The number of thiazole rings is 1. The SMILES string of the molecule is CC(C)c1csc(NC(=O)c2ccc(F)nc2)n1. The van der Waals surface area contributed by atoms with E-state index in [4.69, 9.17) is 0 Å². The minimum Gasteiger partial charge on any atom is -0.298 e. The van der Waals surface area contributed by atoms with Crippen LogP contribution in [0.15, 0.2) is 23.7 Å². The third kappa shape index (κ3) is 2.89. The highest BCUT2D eigenvalue weighted by molar-refractivity contribution is 7.14. The second-order valence-electron chi connectivity index (χ2n) is 4.06. The average molecular weight is 265 g/mol. The van der Waals surface area contributed by atoms with E-state index in [0.29, 0.717) is 16.6 Å². The Bertz CT molecular complexity index is 551. The highest BCUT2D eigenvalue weighted by Crippen LogP contribution is 2.21. The number of nitrogens with zero attached hydrogens (tertiary/aromatic N) is 2. The molecule has 0 unspecified atom stereocenters. The molecule has 6 heteroatoms. The van der Waals surface area contributed by atoms with Crippen LogP contribution in [0.4, 0.5) is 9.52 Å². The third-order valence-electron chi connectivity index (χ3n) is 2.32. The van der Waals surface area contributed by atoms with Gasteiger partial charge in [0.25, 0.3) is 5.91 Å². The van der Waals surface area contributed by atoms with Crippen LogP contribution in [0.2, 0.25) is 0 Å². The van der Waals surface area contributed by atoms with Gasteiger partial charge in [0.05, 0.1) is 11.3 Å². The molecule has 18 heavy (non-hydrogen) atoms. The molecule has 0 fully saturated rings. The molecule has 0 aliphatic rings. The Hall–Kier alpha value is -1.82. The molecule has 2 aromatic rings. The fourth-order valence-electron chi connectivity index (χ4n) is 1.29. The first-order valence-corrected chi connectivity index (χ1v) is 6.32. The first kappa shape index (κ1) is 12.6. The van der Waals surface area contributed by atoms with Crippen LogP contribution in [0.3, 0.4) is 0 Å². The van der Waals surface area contributed by atoms with Gasteiger partial charge in [-0.1, -0.05) is 13.8 Å². The summed E-state index contributed by atoms with van der Waals surface area (Å²) < 4.78 is 12.6. The lowest BCUT2D eigenvalue weighted by atomic mass is 10.2. The lowest BCUT2D eigenvalue weighted by Crippen LogP contribution is -2.12. The number of anilines is 1. The summed E-state index contributed by atoms with van der Waals surface area (Å²) in [6.07, 6.45) is 1.20. The Morgan fingerprint density at radius 3 is 2.78 bits per heavy atom. The van der Waals surface area contributed by atoms with E-state index >= 15 is 0 Å². The minimum absolute atomic E-state index is 0.303. The lowest BCUT2D eigenvalue weighted by molar-refractivity contribution is 0.102. The van der Waals surface area contributed by atoms with Crippen molar-refractivity contribution in [3.05, 3.63) is 40.9 Å². The van der Waals surface area contributed by atoms with E-state index < -0.39 is 5.95 Å². The second kappa shape index (κ2) is 5.22. The fraction of sp³-hybridized carbons (Fsp3) is 0.250. The molecule has 0 radical (unpaired) electrons. The van der Waals surface area contributed by atoms with Crippen molar-refractivity contribution in [1.29, 1.82) is 0 Å². The Morgan fingerprint density at radius 1 is 1.44 bits per heavy atom. The van der Waals surface area contributed by atoms with Gasteiger partial charge >= 0.3 is 0 Å². The Labute approximate surface area is 108 Å². The molecular formula is C12H12FN3OS. The summed E-state index contributed by atoms with van der Waals surface area (Å²) in [5, 5.41) is 5.10. The first-order chi connectivity index (χ1) is 8.56. The van der Waals surface area contributed by atoms with Crippen molar-refractivity contribution in [2.24, 2.45) is 0 Å². The molecule has 4 nitrogen and oxygen atoms in total. The van der Waals surface area contributed by atoms with Crippen molar-refractivity contribution in [1.82, 2.24) is 9.97 Å². The average Bonchev–Trinajstić information content (AvgIpc) is 2.78. The summed E-state index contributed by atoms with van der Waals surface area (Å²) in [7, 11) is 0. The molecule has 0 saturated carbocycles. The van der Waals surface area contributed by atoms with Crippen LogP contribution in [-0.2, 0) is 0 Å². The summed E-state index contributed by atoms with van der Waals surface area (Å²) in [6.45, 7) is 4.06. The molecule has 2 heterocycles. The predicted molar refractivity (Wildman–Crippen MR) is 68.4 cm³/mol. The molecule has 0 aliphatic carbocycles. The van der Waals surface area contributed by atoms with Crippen LogP contribution in [0.1, 0.15) is 35.8 Å². The molecule has 0 aromatic carbocycles. The Morgan fingerprint density at radius 2 is 2.22 bits per heavy atom. The minimum atomic E-state index is -0.608. The number of rotatable bonds is 3. The van der Waals surface area contributed by atoms with Crippen LogP contribution < -0.4 is 5.32 Å². The van der Waals surface area contributed by atoms with Gasteiger partial charge in [-0.2, -0.15) is 4.39 Å². The van der Waals surface area contributed by atoms with E-state index in [1.54, 1.807) is 0 Å². The molecule has 0 saturated heterocycles. The maximum Gasteiger partial charge on any atom is 0.259 e. The largest absolute Gasteiger partial charge is 0.298 e. The molecule has 94 valence electrons. The van der Waals surface area contributed by atoms with Gasteiger partial charge in [-0.15, -0.1) is 11.3 Å². The fourth-order valence-corrected chi connectivity index (χ4v) is 2.16. The van der Waals surface area contributed by atoms with E-state index in [2.05, 4.69) is 15.3 Å². The third-order valence-corrected chi connectivity index (χ3v) is 3.10. The molecule has 0 aliphatic heterocycles. The number of pyridine rings is 1. The molecule has 0 atom stereocenters. The van der Waals surface area contributed by atoms with Gasteiger partial charge in [-0.05, 0) is 18.1 Å². The second-order valence-corrected chi connectivity index (χ2v) is 4.91. The van der Waals surface area contributed by atoms with E-state index in [1.807, 2.05) is 19.2 Å². The van der Waals surface area contributed by atoms with Crippen molar-refractivity contribution in [3.8, 4) is 0 Å². The quantitative estimate of drug-likeness (QED) is 0.868. The lowest BCUT2D eigenvalue weighted by Gasteiger charge is -2.01. The summed E-state index contributed by atoms with van der Waals surface area (Å²) in [4.78, 5) is 19.5. The summed E-state index contributed by atoms with van der Waals surface area (Å²) >= 11 is 1.37. The number of amides is 1. The Balaban J connectivity index is 2.08. The van der Waals surface area contributed by atoms with Gasteiger partial charge in [0, 0.05) is 11.6 Å². The molecule has 1 amide bonds. The molecule has 2 rings (SSSR count). The number of carbonyl (C=O) groups excluding carboxylic acids is 1. The van der Waals surface area contributed by atoms with Crippen molar-refractivity contribution < 1.29 is 9.18 Å². The van der Waals surface area contributed by atoms with Crippen molar-refractivity contribution in [2.75, 3.05) is 5.32 Å². The molecule has 1 N–H and O–H groups in total. The number of halogens is 1. The van der Waals surface area contributed by atoms with Crippen LogP contribution in [-0.4, -0.2) is 15.9 Å². The maximum atomic E-state index is 12.6. The highest BCUT2D eigenvalue weighted by Gasteiger charge is 2.10. The zero-order chi connectivity index (χ0) is 13.1. The van der Waals surface area contributed by atoms with Crippen LogP contribution in [0.25, 0.3) is 0 Å². The summed E-state index contributed by atoms with van der Waals surface area (Å²) in [5.74, 6) is -0.630. The van der Waals surface area contributed by atoms with Crippen molar-refractivity contribution in [2.45, 2.75) is 19.8 Å².